The number of amides is 2. The number of pyridine rings is 1. The van der Waals surface area contributed by atoms with Crippen molar-refractivity contribution in [2.45, 2.75) is 19.2 Å². The van der Waals surface area contributed by atoms with Crippen molar-refractivity contribution >= 4 is 40.2 Å². The van der Waals surface area contributed by atoms with E-state index in [-0.39, 0.29) is 6.42 Å². The van der Waals surface area contributed by atoms with Crippen LogP contribution >= 0.6 is 11.6 Å². The maximum Gasteiger partial charge on any atom is 0.414 e. The molecule has 3 aromatic rings. The average molecular weight is 486 g/mol. The molecular weight excluding hydrogens is 458 g/mol. The number of carbonyl (C=O) groups excluding carboxylic acids is 2. The van der Waals surface area contributed by atoms with Crippen molar-refractivity contribution < 1.29 is 19.1 Å². The van der Waals surface area contributed by atoms with Crippen LogP contribution in [-0.2, 0) is 20.8 Å². The van der Waals surface area contributed by atoms with Crippen LogP contribution in [0.2, 0.25) is 5.02 Å². The predicted molar refractivity (Wildman–Crippen MR) is 131 cm³/mol. The highest BCUT2D eigenvalue weighted by atomic mass is 35.5. The number of aromatic nitrogens is 1. The van der Waals surface area contributed by atoms with Gasteiger partial charge in [-0.2, -0.15) is 0 Å². The number of halogens is 1. The maximum absolute atomic E-state index is 12.7. The number of primary amides is 1. The topological polar surface area (TPSA) is 133 Å². The molecule has 0 fully saturated rings. The summed E-state index contributed by atoms with van der Waals surface area (Å²) < 4.78 is 11.1. The number of nitrogens with two attached hydrogens (primary N) is 2. The summed E-state index contributed by atoms with van der Waals surface area (Å²) in [7, 11) is 0. The summed E-state index contributed by atoms with van der Waals surface area (Å²) in [6.45, 7) is 1.74. The fourth-order valence-electron chi connectivity index (χ4n) is 3.36. The van der Waals surface area contributed by atoms with E-state index < -0.39 is 18.2 Å². The zero-order valence-electron chi connectivity index (χ0n) is 18.7. The molecule has 3 rings (SSSR count). The van der Waals surface area contributed by atoms with Crippen LogP contribution in [-0.4, -0.2) is 54.4 Å². The van der Waals surface area contributed by atoms with E-state index in [0.29, 0.717) is 43.7 Å². The van der Waals surface area contributed by atoms with E-state index in [0.717, 1.165) is 16.3 Å². The van der Waals surface area contributed by atoms with E-state index in [1.54, 1.807) is 23.2 Å². The van der Waals surface area contributed by atoms with Crippen LogP contribution in [0.25, 0.3) is 10.8 Å². The fourth-order valence-corrected chi connectivity index (χ4v) is 3.56. The average Bonchev–Trinajstić information content (AvgIpc) is 2.81. The quantitative estimate of drug-likeness (QED) is 0.265. The van der Waals surface area contributed by atoms with E-state index in [1.807, 2.05) is 42.5 Å². The van der Waals surface area contributed by atoms with Crippen molar-refractivity contribution in [3.05, 3.63) is 71.4 Å². The van der Waals surface area contributed by atoms with Gasteiger partial charge in [0.1, 0.15) is 5.82 Å². The Hall–Kier alpha value is -3.24. The minimum Gasteiger partial charge on any atom is -0.429 e. The van der Waals surface area contributed by atoms with Gasteiger partial charge in [-0.1, -0.05) is 54.1 Å². The number of hydrogen-bond donors (Lipinski definition) is 3. The molecule has 0 spiro atoms. The Bertz CT molecular complexity index is 1110. The highest BCUT2D eigenvalue weighted by molar-refractivity contribution is 6.31. The van der Waals surface area contributed by atoms with E-state index in [4.69, 9.17) is 32.5 Å². The van der Waals surface area contributed by atoms with Crippen molar-refractivity contribution in [3.63, 3.8) is 0 Å². The molecule has 2 amide bonds. The van der Waals surface area contributed by atoms with Crippen LogP contribution in [0.3, 0.4) is 0 Å². The molecule has 10 heteroatoms. The van der Waals surface area contributed by atoms with Crippen LogP contribution in [0, 0.1) is 0 Å². The second-order valence-corrected chi connectivity index (χ2v) is 7.94. The third-order valence-electron chi connectivity index (χ3n) is 5.00. The normalized spacial score (nSPS) is 12.0. The molecule has 180 valence electrons. The van der Waals surface area contributed by atoms with Gasteiger partial charge in [-0.05, 0) is 23.1 Å². The fraction of sp³-hybridized carbons (Fsp3) is 0.292. The maximum atomic E-state index is 12.7. The smallest absolute Gasteiger partial charge is 0.414 e. The molecular formula is C24H28ClN5O4. The lowest BCUT2D eigenvalue weighted by molar-refractivity contribution is -0.123. The first-order chi connectivity index (χ1) is 16.5. The lowest BCUT2D eigenvalue weighted by Crippen LogP contribution is -2.43. The van der Waals surface area contributed by atoms with Gasteiger partial charge in [-0.3, -0.25) is 15.0 Å². The largest absolute Gasteiger partial charge is 0.429 e. The molecule has 0 saturated carbocycles. The highest BCUT2D eigenvalue weighted by Gasteiger charge is 2.26. The molecule has 1 heterocycles. The molecule has 34 heavy (non-hydrogen) atoms. The number of carbonyl (C=O) groups is 2. The summed E-state index contributed by atoms with van der Waals surface area (Å²) in [4.78, 5) is 30.5. The lowest BCUT2D eigenvalue weighted by atomic mass is 10.2. The Kier molecular flexibility index (Phi) is 9.60. The number of nitrogens with one attached hydrogen (secondary N) is 1. The van der Waals surface area contributed by atoms with Gasteiger partial charge in [-0.25, -0.2) is 9.78 Å². The summed E-state index contributed by atoms with van der Waals surface area (Å²) >= 11 is 6.33. The number of hydrogen-bond acceptors (Lipinski definition) is 7. The molecule has 1 aromatic heterocycles. The van der Waals surface area contributed by atoms with Crippen LogP contribution < -0.4 is 16.8 Å². The Balaban J connectivity index is 1.75. The third-order valence-corrected chi connectivity index (χ3v) is 5.37. The van der Waals surface area contributed by atoms with E-state index >= 15 is 0 Å². The Morgan fingerprint density at radius 3 is 2.56 bits per heavy atom. The number of anilines is 1. The standard InChI is InChI=1S/C24H28ClN5O4/c25-20-8-4-3-7-19(20)16-30(10-12-33-11-9-26)23(14-21(27)31)34-24(32)29-22-13-17-5-1-2-6-18(17)15-28-22/h1-8,13,15,23H,9-12,14,16,26H2,(H2,27,31)(H,28,29,32). The molecule has 0 aliphatic heterocycles. The summed E-state index contributed by atoms with van der Waals surface area (Å²) in [6, 6.07) is 16.7. The van der Waals surface area contributed by atoms with Gasteiger partial charge in [-0.15, -0.1) is 0 Å². The van der Waals surface area contributed by atoms with Crippen molar-refractivity contribution in [1.29, 1.82) is 0 Å². The van der Waals surface area contributed by atoms with Crippen LogP contribution in [0.4, 0.5) is 10.6 Å². The van der Waals surface area contributed by atoms with E-state index in [1.165, 1.54) is 0 Å². The van der Waals surface area contributed by atoms with Crippen molar-refractivity contribution in [1.82, 2.24) is 9.88 Å². The molecule has 0 aliphatic carbocycles. The molecule has 0 radical (unpaired) electrons. The van der Waals surface area contributed by atoms with E-state index in [2.05, 4.69) is 10.3 Å². The van der Waals surface area contributed by atoms with Crippen molar-refractivity contribution in [3.8, 4) is 0 Å². The molecule has 2 aromatic carbocycles. The highest BCUT2D eigenvalue weighted by Crippen LogP contribution is 2.21. The lowest BCUT2D eigenvalue weighted by Gasteiger charge is -2.30. The Morgan fingerprint density at radius 2 is 1.82 bits per heavy atom. The molecule has 0 aliphatic rings. The second-order valence-electron chi connectivity index (χ2n) is 7.54. The van der Waals surface area contributed by atoms with Crippen LogP contribution in [0.5, 0.6) is 0 Å². The third kappa shape index (κ3) is 7.67. The monoisotopic (exact) mass is 485 g/mol. The Morgan fingerprint density at radius 1 is 1.09 bits per heavy atom. The Labute approximate surface area is 203 Å². The molecule has 0 saturated heterocycles. The predicted octanol–water partition coefficient (Wildman–Crippen LogP) is 3.12. The van der Waals surface area contributed by atoms with Gasteiger partial charge in [0.25, 0.3) is 0 Å². The van der Waals surface area contributed by atoms with Crippen molar-refractivity contribution in [2.24, 2.45) is 11.5 Å². The van der Waals surface area contributed by atoms with Gasteiger partial charge < -0.3 is 20.9 Å². The second kappa shape index (κ2) is 12.9. The minimum absolute atomic E-state index is 0.208. The first-order valence-corrected chi connectivity index (χ1v) is 11.2. The number of fused-ring (bicyclic) bond motifs is 1. The molecule has 1 atom stereocenters. The van der Waals surface area contributed by atoms with Crippen LogP contribution in [0.15, 0.2) is 60.8 Å². The zero-order chi connectivity index (χ0) is 24.3. The first-order valence-electron chi connectivity index (χ1n) is 10.8. The summed E-state index contributed by atoms with van der Waals surface area (Å²) in [5, 5.41) is 5.03. The van der Waals surface area contributed by atoms with Gasteiger partial charge in [0.05, 0.1) is 19.6 Å². The minimum atomic E-state index is -0.948. The molecule has 5 N–H and O–H groups in total. The zero-order valence-corrected chi connectivity index (χ0v) is 19.4. The number of nitrogens with zero attached hydrogens (tertiary/aromatic N) is 2. The van der Waals surface area contributed by atoms with Gasteiger partial charge in [0.15, 0.2) is 6.23 Å². The number of benzene rings is 2. The SMILES string of the molecule is NCCOCCN(Cc1ccccc1Cl)C(CC(N)=O)OC(=O)Nc1cc2ccccc2cn1. The molecule has 9 nitrogen and oxygen atoms in total. The van der Waals surface area contributed by atoms with Crippen molar-refractivity contribution in [2.75, 3.05) is 31.6 Å². The summed E-state index contributed by atoms with van der Waals surface area (Å²) in [5.74, 6) is -0.292. The molecule has 0 bridgehead atoms. The van der Waals surface area contributed by atoms with Gasteiger partial charge in [0, 0.05) is 36.2 Å². The van der Waals surface area contributed by atoms with Gasteiger partial charge in [0.2, 0.25) is 5.91 Å². The summed E-state index contributed by atoms with van der Waals surface area (Å²) in [5.41, 5.74) is 11.7. The van der Waals surface area contributed by atoms with Gasteiger partial charge >= 0.3 is 6.09 Å². The van der Waals surface area contributed by atoms with Crippen LogP contribution in [0.1, 0.15) is 12.0 Å². The van der Waals surface area contributed by atoms with E-state index in [9.17, 15) is 9.59 Å². The first kappa shape index (κ1) is 25.4. The molecule has 1 unspecified atom stereocenters. The number of ether oxygens (including phenoxy) is 2. The summed E-state index contributed by atoms with van der Waals surface area (Å²) in [6.07, 6.45) is -0.263. The number of rotatable bonds is 12.